The number of nitrogens with two attached hydrogens (primary N) is 1. The highest BCUT2D eigenvalue weighted by atomic mass is 32.1. The minimum absolute atomic E-state index is 0.0433. The van der Waals surface area contributed by atoms with Crippen molar-refractivity contribution in [3.63, 3.8) is 0 Å². The predicted molar refractivity (Wildman–Crippen MR) is 112 cm³/mol. The number of hydrogen-bond donors (Lipinski definition) is 2. The van der Waals surface area contributed by atoms with Gasteiger partial charge in [-0.25, -0.2) is 5.43 Å². The zero-order valence-electron chi connectivity index (χ0n) is 17.9. The topological polar surface area (TPSA) is 130 Å². The Morgan fingerprint density at radius 3 is 2.65 bits per heavy atom. The van der Waals surface area contributed by atoms with Gasteiger partial charge in [0.15, 0.2) is 5.82 Å². The highest BCUT2D eigenvalue weighted by Crippen LogP contribution is 2.55. The van der Waals surface area contributed by atoms with Gasteiger partial charge < -0.3 is 14.3 Å². The molecule has 2 aromatic heterocycles. The molecule has 1 aliphatic carbocycles. The van der Waals surface area contributed by atoms with Gasteiger partial charge in [0.1, 0.15) is 4.88 Å². The smallest absolute Gasteiger partial charge is 0.265 e. The Kier molecular flexibility index (Phi) is 4.68. The molecule has 2 aromatic rings. The van der Waals surface area contributed by atoms with Crippen LogP contribution in [-0.2, 0) is 4.79 Å². The van der Waals surface area contributed by atoms with Crippen LogP contribution in [0.4, 0.5) is 0 Å². The van der Waals surface area contributed by atoms with Crippen LogP contribution < -0.4 is 11.3 Å². The number of nitrogens with one attached hydrogen (secondary N) is 1. The number of likely N-dealkylation sites (tertiary alicyclic amines) is 2. The predicted octanol–water partition coefficient (Wildman–Crippen LogP) is 1.16. The molecule has 10 nitrogen and oxygen atoms in total. The number of rotatable bonds is 5. The highest BCUT2D eigenvalue weighted by Gasteiger charge is 2.61. The van der Waals surface area contributed by atoms with E-state index in [1.165, 1.54) is 11.3 Å². The van der Waals surface area contributed by atoms with E-state index in [2.05, 4.69) is 34.4 Å². The lowest BCUT2D eigenvalue weighted by Crippen LogP contribution is -2.62. The Hall–Kier alpha value is -2.37. The van der Waals surface area contributed by atoms with Crippen molar-refractivity contribution in [2.24, 2.45) is 22.6 Å². The van der Waals surface area contributed by atoms with E-state index in [4.69, 9.17) is 10.4 Å². The number of hydrazine groups is 1. The maximum atomic E-state index is 13.0. The number of thiazole rings is 1. The Labute approximate surface area is 184 Å². The van der Waals surface area contributed by atoms with Crippen molar-refractivity contribution in [2.45, 2.75) is 39.2 Å². The molecule has 2 aliphatic heterocycles. The third kappa shape index (κ3) is 3.35. The maximum Gasteiger partial charge on any atom is 0.265 e. The van der Waals surface area contributed by atoms with Crippen molar-refractivity contribution in [3.8, 4) is 0 Å². The zero-order valence-corrected chi connectivity index (χ0v) is 18.7. The van der Waals surface area contributed by atoms with Gasteiger partial charge in [0.2, 0.25) is 11.8 Å². The Balaban J connectivity index is 1.38. The molecule has 4 heterocycles. The standard InChI is InChI=1S/C20H27N7O3S/c1-11(24-21)16-23-15(25-30-16)13-6-26(18(29)14-5-22-10-31-14)7-20(13)8-27(9-20)17(28)12-4-19(12,2)3/h5,10-13,24H,4,6-9,21H2,1-3H3/t11?,12-,13?/m1/s1. The molecule has 1 spiro atoms. The first kappa shape index (κ1) is 20.5. The molecular weight excluding hydrogens is 418 g/mol. The molecule has 31 heavy (non-hydrogen) atoms. The SMILES string of the molecule is CC(NN)c1nc(C2CN(C(=O)c3cncs3)CC23CN(C(=O)[C@H]2CC2(C)C)C3)no1. The minimum atomic E-state index is -0.273. The quantitative estimate of drug-likeness (QED) is 0.518. The molecule has 3 aliphatic rings. The zero-order chi connectivity index (χ0) is 22.0. The van der Waals surface area contributed by atoms with Gasteiger partial charge in [0, 0.05) is 37.5 Å². The molecule has 3 fully saturated rings. The van der Waals surface area contributed by atoms with Gasteiger partial charge in [-0.3, -0.25) is 20.4 Å². The Morgan fingerprint density at radius 2 is 2.03 bits per heavy atom. The van der Waals surface area contributed by atoms with Crippen LogP contribution in [0.15, 0.2) is 16.2 Å². The van der Waals surface area contributed by atoms with E-state index in [1.807, 2.05) is 16.7 Å². The molecule has 166 valence electrons. The fourth-order valence-electron chi connectivity index (χ4n) is 4.89. The molecule has 0 aromatic carbocycles. The molecule has 1 saturated carbocycles. The van der Waals surface area contributed by atoms with E-state index in [-0.39, 0.29) is 40.5 Å². The van der Waals surface area contributed by atoms with Gasteiger partial charge >= 0.3 is 0 Å². The number of aromatic nitrogens is 3. The molecule has 2 unspecified atom stereocenters. The molecular formula is C20H27N7O3S. The van der Waals surface area contributed by atoms with Crippen LogP contribution in [0.1, 0.15) is 60.5 Å². The third-order valence-corrected chi connectivity index (χ3v) is 7.86. The lowest BCUT2D eigenvalue weighted by Gasteiger charge is -2.50. The summed E-state index contributed by atoms with van der Waals surface area (Å²) in [6.07, 6.45) is 2.53. The lowest BCUT2D eigenvalue weighted by molar-refractivity contribution is -0.145. The average molecular weight is 446 g/mol. The van der Waals surface area contributed by atoms with Crippen LogP contribution in [0.25, 0.3) is 0 Å². The summed E-state index contributed by atoms with van der Waals surface area (Å²) in [6.45, 7) is 8.34. The van der Waals surface area contributed by atoms with Crippen molar-refractivity contribution >= 4 is 23.2 Å². The number of amides is 2. The van der Waals surface area contributed by atoms with E-state index in [0.29, 0.717) is 42.8 Å². The molecule has 2 saturated heterocycles. The number of nitrogens with zero attached hydrogens (tertiary/aromatic N) is 5. The van der Waals surface area contributed by atoms with Crippen molar-refractivity contribution < 1.29 is 14.1 Å². The Bertz CT molecular complexity index is 998. The Morgan fingerprint density at radius 1 is 1.32 bits per heavy atom. The minimum Gasteiger partial charge on any atom is -0.341 e. The number of hydrogen-bond acceptors (Lipinski definition) is 9. The summed E-state index contributed by atoms with van der Waals surface area (Å²) in [5.41, 5.74) is 4.09. The first-order valence-corrected chi connectivity index (χ1v) is 11.4. The van der Waals surface area contributed by atoms with Crippen LogP contribution in [0.5, 0.6) is 0 Å². The normalized spacial score (nSPS) is 26.7. The molecule has 3 N–H and O–H groups in total. The second-order valence-electron chi connectivity index (χ2n) is 9.79. The molecule has 0 bridgehead atoms. The molecule has 11 heteroatoms. The molecule has 5 rings (SSSR count). The first-order valence-electron chi connectivity index (χ1n) is 10.5. The van der Waals surface area contributed by atoms with E-state index in [9.17, 15) is 9.59 Å². The lowest BCUT2D eigenvalue weighted by atomic mass is 9.71. The molecule has 2 amide bonds. The van der Waals surface area contributed by atoms with Crippen molar-refractivity contribution in [3.05, 3.63) is 28.3 Å². The summed E-state index contributed by atoms with van der Waals surface area (Å²) in [5.74, 6) is 6.65. The van der Waals surface area contributed by atoms with Crippen LogP contribution >= 0.6 is 11.3 Å². The highest BCUT2D eigenvalue weighted by molar-refractivity contribution is 7.11. The fraction of sp³-hybridized carbons (Fsp3) is 0.650. The molecule has 3 atom stereocenters. The van der Waals surface area contributed by atoms with Crippen LogP contribution in [0, 0.1) is 16.7 Å². The summed E-state index contributed by atoms with van der Waals surface area (Å²) in [7, 11) is 0. The summed E-state index contributed by atoms with van der Waals surface area (Å²) in [6, 6.07) is -0.273. The van der Waals surface area contributed by atoms with E-state index in [0.717, 1.165) is 6.42 Å². The van der Waals surface area contributed by atoms with Gasteiger partial charge in [-0.15, -0.1) is 11.3 Å². The van der Waals surface area contributed by atoms with E-state index >= 15 is 0 Å². The van der Waals surface area contributed by atoms with E-state index < -0.39 is 0 Å². The average Bonchev–Trinajstić information content (AvgIpc) is 3.26. The van der Waals surface area contributed by atoms with Crippen molar-refractivity contribution in [1.82, 2.24) is 30.4 Å². The van der Waals surface area contributed by atoms with Gasteiger partial charge in [-0.2, -0.15) is 4.98 Å². The fourth-order valence-corrected chi connectivity index (χ4v) is 5.48. The largest absolute Gasteiger partial charge is 0.341 e. The van der Waals surface area contributed by atoms with Crippen LogP contribution in [-0.4, -0.2) is 62.9 Å². The van der Waals surface area contributed by atoms with Gasteiger partial charge in [-0.05, 0) is 18.8 Å². The van der Waals surface area contributed by atoms with Gasteiger partial charge in [0.05, 0.1) is 23.7 Å². The monoisotopic (exact) mass is 445 g/mol. The summed E-state index contributed by atoms with van der Waals surface area (Å²) in [5, 5.41) is 4.21. The van der Waals surface area contributed by atoms with Gasteiger partial charge in [0.25, 0.3) is 5.91 Å². The second-order valence-corrected chi connectivity index (χ2v) is 10.7. The summed E-state index contributed by atoms with van der Waals surface area (Å²) < 4.78 is 5.41. The number of carbonyl (C=O) groups excluding carboxylic acids is 2. The summed E-state index contributed by atoms with van der Waals surface area (Å²) in [4.78, 5) is 38.9. The van der Waals surface area contributed by atoms with Crippen molar-refractivity contribution in [2.75, 3.05) is 26.2 Å². The van der Waals surface area contributed by atoms with Crippen molar-refractivity contribution in [1.29, 1.82) is 0 Å². The maximum absolute atomic E-state index is 13.0. The third-order valence-electron chi connectivity index (χ3n) is 7.10. The van der Waals surface area contributed by atoms with Crippen LogP contribution in [0.3, 0.4) is 0 Å². The van der Waals surface area contributed by atoms with Gasteiger partial charge in [-0.1, -0.05) is 19.0 Å². The number of carbonyl (C=O) groups is 2. The summed E-state index contributed by atoms with van der Waals surface area (Å²) >= 11 is 1.33. The molecule has 0 radical (unpaired) electrons. The first-order chi connectivity index (χ1) is 14.7. The second kappa shape index (κ2) is 7.07. The van der Waals surface area contributed by atoms with E-state index in [1.54, 1.807) is 11.7 Å². The van der Waals surface area contributed by atoms with Crippen LogP contribution in [0.2, 0.25) is 0 Å².